The number of anilines is 2. The second kappa shape index (κ2) is 8.94. The van der Waals surface area contributed by atoms with Gasteiger partial charge in [0.1, 0.15) is 17.0 Å². The molecule has 2 aromatic carbocycles. The highest BCUT2D eigenvalue weighted by atomic mass is 19.4. The summed E-state index contributed by atoms with van der Waals surface area (Å²) >= 11 is 0. The number of furan rings is 1. The zero-order valence-electron chi connectivity index (χ0n) is 17.0. The molecule has 9 heteroatoms. The smallest absolute Gasteiger partial charge is 0.449 e. The van der Waals surface area contributed by atoms with Crippen molar-refractivity contribution < 1.29 is 31.9 Å². The molecule has 1 fully saturated rings. The molecule has 1 aliphatic carbocycles. The maximum atomic E-state index is 12.9. The van der Waals surface area contributed by atoms with Crippen molar-refractivity contribution in [2.45, 2.75) is 38.5 Å². The van der Waals surface area contributed by atoms with Gasteiger partial charge in [0.05, 0.1) is 0 Å². The lowest BCUT2D eigenvalue weighted by atomic mass is 9.88. The summed E-state index contributed by atoms with van der Waals surface area (Å²) in [6, 6.07) is 11.7. The Kier molecular flexibility index (Phi) is 6.07. The monoisotopic (exact) mass is 446 g/mol. The highest BCUT2D eigenvalue weighted by Gasteiger charge is 2.31. The predicted octanol–water partition coefficient (Wildman–Crippen LogP) is 6.10. The summed E-state index contributed by atoms with van der Waals surface area (Å²) in [5, 5.41) is 6.04. The fourth-order valence-electron chi connectivity index (χ4n) is 3.85. The number of benzene rings is 2. The maximum Gasteiger partial charge on any atom is 0.573 e. The number of amides is 2. The highest BCUT2D eigenvalue weighted by molar-refractivity contribution is 6.14. The van der Waals surface area contributed by atoms with Crippen LogP contribution < -0.4 is 15.4 Å². The molecule has 32 heavy (non-hydrogen) atoms. The highest BCUT2D eigenvalue weighted by Crippen LogP contribution is 2.33. The van der Waals surface area contributed by atoms with Crippen molar-refractivity contribution in [2.24, 2.45) is 5.92 Å². The minimum absolute atomic E-state index is 0.0778. The van der Waals surface area contributed by atoms with E-state index in [9.17, 15) is 22.8 Å². The molecule has 1 saturated carbocycles. The van der Waals surface area contributed by atoms with E-state index in [-0.39, 0.29) is 29.0 Å². The number of rotatable bonds is 5. The molecule has 0 saturated heterocycles. The minimum atomic E-state index is -4.80. The Morgan fingerprint density at radius 1 is 0.938 bits per heavy atom. The predicted molar refractivity (Wildman–Crippen MR) is 112 cm³/mol. The van der Waals surface area contributed by atoms with Gasteiger partial charge in [-0.2, -0.15) is 0 Å². The molecule has 1 heterocycles. The number of alkyl halides is 3. The van der Waals surface area contributed by atoms with Gasteiger partial charge in [-0.05, 0) is 49.2 Å². The van der Waals surface area contributed by atoms with Gasteiger partial charge in [-0.15, -0.1) is 13.2 Å². The summed E-state index contributed by atoms with van der Waals surface area (Å²) in [7, 11) is 0. The summed E-state index contributed by atoms with van der Waals surface area (Å²) in [4.78, 5) is 25.7. The van der Waals surface area contributed by atoms with Crippen LogP contribution in [0.25, 0.3) is 11.0 Å². The van der Waals surface area contributed by atoms with Gasteiger partial charge in [0.2, 0.25) is 11.7 Å². The van der Waals surface area contributed by atoms with Crippen LogP contribution in [0.2, 0.25) is 0 Å². The molecule has 0 atom stereocenters. The van der Waals surface area contributed by atoms with Crippen LogP contribution in [0, 0.1) is 5.92 Å². The molecule has 4 rings (SSSR count). The van der Waals surface area contributed by atoms with Crippen molar-refractivity contribution >= 4 is 34.2 Å². The number of halogens is 3. The molecular formula is C23H21F3N2O4. The Labute approximate surface area is 181 Å². The Morgan fingerprint density at radius 2 is 1.62 bits per heavy atom. The van der Waals surface area contributed by atoms with Gasteiger partial charge in [-0.3, -0.25) is 9.59 Å². The number of fused-ring (bicyclic) bond motifs is 1. The largest absolute Gasteiger partial charge is 0.573 e. The molecule has 0 spiro atoms. The van der Waals surface area contributed by atoms with E-state index in [1.807, 2.05) is 0 Å². The van der Waals surface area contributed by atoms with Crippen LogP contribution in [0.5, 0.6) is 5.75 Å². The van der Waals surface area contributed by atoms with Crippen molar-refractivity contribution in [3.05, 3.63) is 54.3 Å². The second-order valence-electron chi connectivity index (χ2n) is 7.65. The van der Waals surface area contributed by atoms with Gasteiger partial charge in [0, 0.05) is 17.0 Å². The molecule has 0 bridgehead atoms. The quantitative estimate of drug-likeness (QED) is 0.496. The topological polar surface area (TPSA) is 80.6 Å². The van der Waals surface area contributed by atoms with E-state index < -0.39 is 18.0 Å². The van der Waals surface area contributed by atoms with Gasteiger partial charge in [-0.25, -0.2) is 0 Å². The van der Waals surface area contributed by atoms with E-state index in [4.69, 9.17) is 4.42 Å². The van der Waals surface area contributed by atoms with E-state index in [1.54, 1.807) is 24.3 Å². The van der Waals surface area contributed by atoms with Gasteiger partial charge in [0.15, 0.2) is 0 Å². The van der Waals surface area contributed by atoms with Crippen LogP contribution in [0.1, 0.15) is 42.7 Å². The minimum Gasteiger partial charge on any atom is -0.449 e. The molecule has 0 aliphatic heterocycles. The second-order valence-corrected chi connectivity index (χ2v) is 7.65. The molecule has 1 aromatic heterocycles. The van der Waals surface area contributed by atoms with Crippen molar-refractivity contribution in [1.29, 1.82) is 0 Å². The fraction of sp³-hybridized carbons (Fsp3) is 0.304. The van der Waals surface area contributed by atoms with E-state index in [2.05, 4.69) is 15.4 Å². The first kappa shape index (κ1) is 21.7. The van der Waals surface area contributed by atoms with Crippen LogP contribution in [-0.4, -0.2) is 18.2 Å². The van der Waals surface area contributed by atoms with Crippen LogP contribution in [0.4, 0.5) is 24.5 Å². The van der Waals surface area contributed by atoms with E-state index in [0.29, 0.717) is 11.0 Å². The molecule has 0 radical (unpaired) electrons. The maximum absolute atomic E-state index is 12.9. The Hall–Kier alpha value is -3.49. The fourth-order valence-corrected chi connectivity index (χ4v) is 3.85. The molecular weight excluding hydrogens is 425 g/mol. The third-order valence-corrected chi connectivity index (χ3v) is 5.37. The van der Waals surface area contributed by atoms with Crippen molar-refractivity contribution in [3.8, 4) is 5.75 Å². The van der Waals surface area contributed by atoms with Crippen molar-refractivity contribution in [3.63, 3.8) is 0 Å². The average Bonchev–Trinajstić information content (AvgIpc) is 3.13. The molecule has 3 aromatic rings. The van der Waals surface area contributed by atoms with Crippen LogP contribution in [0.15, 0.2) is 52.9 Å². The molecule has 0 unspecified atom stereocenters. The van der Waals surface area contributed by atoms with E-state index in [0.717, 1.165) is 44.2 Å². The van der Waals surface area contributed by atoms with Crippen molar-refractivity contribution in [2.75, 3.05) is 10.6 Å². The molecule has 6 nitrogen and oxygen atoms in total. The number of carbonyl (C=O) groups excluding carboxylic acids is 2. The number of hydrogen-bond donors (Lipinski definition) is 2. The zero-order valence-corrected chi connectivity index (χ0v) is 17.0. The van der Waals surface area contributed by atoms with Gasteiger partial charge >= 0.3 is 6.36 Å². The third kappa shape index (κ3) is 5.04. The summed E-state index contributed by atoms with van der Waals surface area (Å²) in [5.41, 5.74) is 0.964. The van der Waals surface area contributed by atoms with Crippen LogP contribution in [-0.2, 0) is 4.79 Å². The number of ether oxygens (including phenoxy) is 1. The molecule has 1 aliphatic rings. The van der Waals surface area contributed by atoms with Crippen LogP contribution in [0.3, 0.4) is 0 Å². The average molecular weight is 446 g/mol. The normalized spacial score (nSPS) is 14.8. The summed E-state index contributed by atoms with van der Waals surface area (Å²) in [6.07, 6.45) is -0.106. The lowest BCUT2D eigenvalue weighted by Gasteiger charge is -2.20. The Bertz CT molecular complexity index is 1120. The Balaban J connectivity index is 1.55. The standard InChI is InChI=1S/C23H21F3N2O4/c24-23(25,26)32-16-12-10-15(11-13-16)27-22(30)20-19(17-8-4-5-9-18(17)31-20)28-21(29)14-6-2-1-3-7-14/h4-5,8-14H,1-3,6-7H2,(H,27,30)(H,28,29). The summed E-state index contributed by atoms with van der Waals surface area (Å²) in [5.74, 6) is -1.39. The molecule has 2 amide bonds. The third-order valence-electron chi connectivity index (χ3n) is 5.37. The van der Waals surface area contributed by atoms with Crippen molar-refractivity contribution in [1.82, 2.24) is 0 Å². The zero-order chi connectivity index (χ0) is 22.7. The van der Waals surface area contributed by atoms with Gasteiger partial charge in [0.25, 0.3) is 5.91 Å². The SMILES string of the molecule is O=C(Nc1ccc(OC(F)(F)F)cc1)c1oc2ccccc2c1NC(=O)C1CCCCC1. The lowest BCUT2D eigenvalue weighted by Crippen LogP contribution is -2.25. The number of para-hydroxylation sites is 1. The van der Waals surface area contributed by atoms with Crippen LogP contribution >= 0.6 is 0 Å². The summed E-state index contributed by atoms with van der Waals surface area (Å²) in [6.45, 7) is 0. The van der Waals surface area contributed by atoms with E-state index >= 15 is 0 Å². The summed E-state index contributed by atoms with van der Waals surface area (Å²) < 4.78 is 46.5. The first-order valence-corrected chi connectivity index (χ1v) is 10.3. The number of nitrogens with one attached hydrogen (secondary N) is 2. The first-order valence-electron chi connectivity index (χ1n) is 10.3. The number of carbonyl (C=O) groups is 2. The molecule has 168 valence electrons. The van der Waals surface area contributed by atoms with Gasteiger partial charge in [-0.1, -0.05) is 31.4 Å². The lowest BCUT2D eigenvalue weighted by molar-refractivity contribution is -0.274. The molecule has 2 N–H and O–H groups in total. The van der Waals surface area contributed by atoms with E-state index in [1.165, 1.54) is 12.1 Å². The first-order chi connectivity index (χ1) is 15.3. The van der Waals surface area contributed by atoms with Gasteiger partial charge < -0.3 is 19.8 Å². The Morgan fingerprint density at radius 3 is 2.31 bits per heavy atom. The number of hydrogen-bond acceptors (Lipinski definition) is 4.